The summed E-state index contributed by atoms with van der Waals surface area (Å²) >= 11 is 0. The molecule has 0 saturated heterocycles. The highest BCUT2D eigenvalue weighted by atomic mass is 19.1. The van der Waals surface area contributed by atoms with Crippen LogP contribution < -0.4 is 10.2 Å². The largest absolute Gasteiger partial charge is 0.341 e. The maximum Gasteiger partial charge on any atom is 0.146 e. The van der Waals surface area contributed by atoms with Gasteiger partial charge in [0.1, 0.15) is 5.82 Å². The van der Waals surface area contributed by atoms with Gasteiger partial charge in [0.05, 0.1) is 17.6 Å². The van der Waals surface area contributed by atoms with E-state index in [2.05, 4.69) is 24.1 Å². The molecule has 2 rings (SSSR count). The zero-order chi connectivity index (χ0) is 14.5. The number of nitrogens with one attached hydrogen (secondary N) is 1. The van der Waals surface area contributed by atoms with Crippen molar-refractivity contribution in [3.63, 3.8) is 0 Å². The van der Waals surface area contributed by atoms with E-state index in [1.807, 2.05) is 24.1 Å². The van der Waals surface area contributed by atoms with Gasteiger partial charge in [-0.2, -0.15) is 0 Å². The van der Waals surface area contributed by atoms with Crippen molar-refractivity contribution in [3.05, 3.63) is 54.1 Å². The SMILES string of the molecule is CC(C)NCc1ccncc1N(C)c1ccccc1F. The van der Waals surface area contributed by atoms with Gasteiger partial charge in [0.25, 0.3) is 0 Å². The van der Waals surface area contributed by atoms with Gasteiger partial charge in [-0.15, -0.1) is 0 Å². The lowest BCUT2D eigenvalue weighted by atomic mass is 10.2. The van der Waals surface area contributed by atoms with Gasteiger partial charge in [-0.25, -0.2) is 4.39 Å². The summed E-state index contributed by atoms with van der Waals surface area (Å²) in [5.74, 6) is -0.235. The molecular formula is C16H20FN3. The van der Waals surface area contributed by atoms with Crippen molar-refractivity contribution in [2.24, 2.45) is 0 Å². The Morgan fingerprint density at radius 2 is 1.95 bits per heavy atom. The average Bonchev–Trinajstić information content (AvgIpc) is 2.45. The standard InChI is InChI=1S/C16H20FN3/c1-12(2)19-10-13-8-9-18-11-16(13)20(3)15-7-5-4-6-14(15)17/h4-9,11-12,19H,10H2,1-3H3. The topological polar surface area (TPSA) is 28.2 Å². The number of hydrogen-bond acceptors (Lipinski definition) is 3. The normalized spacial score (nSPS) is 10.8. The van der Waals surface area contributed by atoms with E-state index in [1.165, 1.54) is 6.07 Å². The molecule has 0 radical (unpaired) electrons. The molecule has 0 unspecified atom stereocenters. The molecule has 3 nitrogen and oxygen atoms in total. The van der Waals surface area contributed by atoms with E-state index >= 15 is 0 Å². The van der Waals surface area contributed by atoms with Crippen LogP contribution in [-0.4, -0.2) is 18.1 Å². The first-order chi connectivity index (χ1) is 9.59. The Hall–Kier alpha value is -1.94. The third-order valence-corrected chi connectivity index (χ3v) is 3.16. The van der Waals surface area contributed by atoms with Crippen molar-refractivity contribution in [1.29, 1.82) is 0 Å². The van der Waals surface area contributed by atoms with E-state index < -0.39 is 0 Å². The Morgan fingerprint density at radius 1 is 1.20 bits per heavy atom. The summed E-state index contributed by atoms with van der Waals surface area (Å²) in [6.45, 7) is 4.93. The minimum atomic E-state index is -0.235. The van der Waals surface area contributed by atoms with Gasteiger partial charge in [0.15, 0.2) is 0 Å². The predicted molar refractivity (Wildman–Crippen MR) is 80.7 cm³/mol. The highest BCUT2D eigenvalue weighted by Crippen LogP contribution is 2.28. The number of rotatable bonds is 5. The van der Waals surface area contributed by atoms with Crippen LogP contribution >= 0.6 is 0 Å². The van der Waals surface area contributed by atoms with Gasteiger partial charge in [-0.05, 0) is 23.8 Å². The van der Waals surface area contributed by atoms with Gasteiger partial charge in [0, 0.05) is 25.8 Å². The van der Waals surface area contributed by atoms with Gasteiger partial charge >= 0.3 is 0 Å². The Labute approximate surface area is 119 Å². The minimum Gasteiger partial charge on any atom is -0.341 e. The summed E-state index contributed by atoms with van der Waals surface area (Å²) < 4.78 is 13.9. The Morgan fingerprint density at radius 3 is 2.65 bits per heavy atom. The molecule has 106 valence electrons. The molecular weight excluding hydrogens is 253 g/mol. The summed E-state index contributed by atoms with van der Waals surface area (Å²) in [5, 5.41) is 3.37. The lowest BCUT2D eigenvalue weighted by molar-refractivity contribution is 0.588. The Balaban J connectivity index is 2.30. The maximum absolute atomic E-state index is 13.9. The van der Waals surface area contributed by atoms with Gasteiger partial charge in [-0.1, -0.05) is 26.0 Å². The van der Waals surface area contributed by atoms with E-state index in [0.717, 1.165) is 17.8 Å². The molecule has 2 aromatic rings. The van der Waals surface area contributed by atoms with Crippen LogP contribution in [0.5, 0.6) is 0 Å². The second-order valence-electron chi connectivity index (χ2n) is 5.05. The second kappa shape index (κ2) is 6.48. The molecule has 1 heterocycles. The number of aromatic nitrogens is 1. The summed E-state index contributed by atoms with van der Waals surface area (Å²) in [6, 6.07) is 9.11. The van der Waals surface area contributed by atoms with Crippen LogP contribution in [0.25, 0.3) is 0 Å². The molecule has 0 fully saturated rings. The number of para-hydroxylation sites is 1. The van der Waals surface area contributed by atoms with Crippen molar-refractivity contribution >= 4 is 11.4 Å². The molecule has 1 aromatic heterocycles. The molecule has 0 aliphatic heterocycles. The molecule has 1 aromatic carbocycles. The Kier molecular flexibility index (Phi) is 4.69. The highest BCUT2D eigenvalue weighted by molar-refractivity contribution is 5.65. The molecule has 0 aliphatic carbocycles. The van der Waals surface area contributed by atoms with Crippen LogP contribution in [0.4, 0.5) is 15.8 Å². The molecule has 0 atom stereocenters. The fourth-order valence-corrected chi connectivity index (χ4v) is 2.03. The molecule has 0 spiro atoms. The summed E-state index contributed by atoms with van der Waals surface area (Å²) in [5.41, 5.74) is 2.55. The zero-order valence-electron chi connectivity index (χ0n) is 12.1. The van der Waals surface area contributed by atoms with Crippen molar-refractivity contribution < 1.29 is 4.39 Å². The molecule has 0 saturated carbocycles. The van der Waals surface area contributed by atoms with E-state index in [1.54, 1.807) is 24.5 Å². The predicted octanol–water partition coefficient (Wildman–Crippen LogP) is 3.49. The van der Waals surface area contributed by atoms with E-state index in [-0.39, 0.29) is 5.82 Å². The van der Waals surface area contributed by atoms with Crippen LogP contribution in [0, 0.1) is 5.82 Å². The summed E-state index contributed by atoms with van der Waals surface area (Å²) in [7, 11) is 1.86. The molecule has 20 heavy (non-hydrogen) atoms. The van der Waals surface area contributed by atoms with Crippen LogP contribution in [-0.2, 0) is 6.54 Å². The fraction of sp³-hybridized carbons (Fsp3) is 0.312. The van der Waals surface area contributed by atoms with Crippen LogP contribution in [0.15, 0.2) is 42.7 Å². The lowest BCUT2D eigenvalue weighted by Gasteiger charge is -2.23. The zero-order valence-corrected chi connectivity index (χ0v) is 12.1. The summed E-state index contributed by atoms with van der Waals surface area (Å²) in [4.78, 5) is 5.99. The number of nitrogens with zero attached hydrogens (tertiary/aromatic N) is 2. The smallest absolute Gasteiger partial charge is 0.146 e. The van der Waals surface area contributed by atoms with Gasteiger partial charge in [-0.3, -0.25) is 4.98 Å². The van der Waals surface area contributed by atoms with E-state index in [0.29, 0.717) is 11.7 Å². The van der Waals surface area contributed by atoms with Gasteiger partial charge in [0.2, 0.25) is 0 Å². The summed E-state index contributed by atoms with van der Waals surface area (Å²) in [6.07, 6.45) is 3.53. The fourth-order valence-electron chi connectivity index (χ4n) is 2.03. The molecule has 0 bridgehead atoms. The van der Waals surface area contributed by atoms with Crippen LogP contribution in [0.1, 0.15) is 19.4 Å². The lowest BCUT2D eigenvalue weighted by Crippen LogP contribution is -2.23. The van der Waals surface area contributed by atoms with E-state index in [4.69, 9.17) is 0 Å². The maximum atomic E-state index is 13.9. The number of benzene rings is 1. The van der Waals surface area contributed by atoms with Crippen LogP contribution in [0.3, 0.4) is 0 Å². The second-order valence-corrected chi connectivity index (χ2v) is 5.05. The van der Waals surface area contributed by atoms with Crippen molar-refractivity contribution in [3.8, 4) is 0 Å². The van der Waals surface area contributed by atoms with E-state index in [9.17, 15) is 4.39 Å². The molecule has 4 heteroatoms. The highest BCUT2D eigenvalue weighted by Gasteiger charge is 2.12. The van der Waals surface area contributed by atoms with Crippen molar-refractivity contribution in [2.45, 2.75) is 26.4 Å². The van der Waals surface area contributed by atoms with Crippen molar-refractivity contribution in [2.75, 3.05) is 11.9 Å². The minimum absolute atomic E-state index is 0.235. The average molecular weight is 273 g/mol. The number of pyridine rings is 1. The molecule has 0 amide bonds. The molecule has 0 aliphatic rings. The third-order valence-electron chi connectivity index (χ3n) is 3.16. The number of halogens is 1. The van der Waals surface area contributed by atoms with Gasteiger partial charge < -0.3 is 10.2 Å². The van der Waals surface area contributed by atoms with Crippen molar-refractivity contribution in [1.82, 2.24) is 10.3 Å². The quantitative estimate of drug-likeness (QED) is 0.904. The molecule has 1 N–H and O–H groups in total. The Bertz CT molecular complexity index is 569. The van der Waals surface area contributed by atoms with Crippen LogP contribution in [0.2, 0.25) is 0 Å². The number of anilines is 2. The third kappa shape index (κ3) is 3.33. The number of hydrogen-bond donors (Lipinski definition) is 1. The first kappa shape index (κ1) is 14.5. The first-order valence-electron chi connectivity index (χ1n) is 6.74. The monoisotopic (exact) mass is 273 g/mol. The first-order valence-corrected chi connectivity index (χ1v) is 6.74.